The Balaban J connectivity index is 4.51. The summed E-state index contributed by atoms with van der Waals surface area (Å²) in [5.41, 5.74) is -0.587. The van der Waals surface area contributed by atoms with E-state index in [1.807, 2.05) is 0 Å². The minimum Gasteiger partial charge on any atom is -0.463 e. The fourth-order valence-electron chi connectivity index (χ4n) is 0.817. The number of esters is 2. The third-order valence-corrected chi connectivity index (χ3v) is 1.74. The van der Waals surface area contributed by atoms with Gasteiger partial charge in [0.25, 0.3) is 0 Å². The van der Waals surface area contributed by atoms with Crippen molar-refractivity contribution < 1.29 is 28.7 Å². The Labute approximate surface area is 109 Å². The summed E-state index contributed by atoms with van der Waals surface area (Å²) in [6.45, 7) is 2.96. The van der Waals surface area contributed by atoms with Crippen molar-refractivity contribution >= 4 is 35.0 Å². The van der Waals surface area contributed by atoms with Crippen LogP contribution in [0.5, 0.6) is 0 Å². The maximum Gasteiger partial charge on any atom is 0.364 e. The number of Topliss-reactive ketones (excluding diaryl/α,β-unsaturated/α-hetero) is 1. The second kappa shape index (κ2) is 9.41. The lowest BCUT2D eigenvalue weighted by Gasteiger charge is -2.04. The van der Waals surface area contributed by atoms with Crippen LogP contribution in [0.1, 0.15) is 13.8 Å². The number of carbonyl (C=O) groups excluding carboxylic acids is 3. The topological polar surface area (TPSA) is 91.3 Å². The molecule has 0 aliphatic carbocycles. The molecule has 0 aliphatic rings. The molecule has 0 bridgehead atoms. The Hall–Kier alpha value is -1.63. The van der Waals surface area contributed by atoms with Crippen molar-refractivity contribution in [3.63, 3.8) is 0 Å². The van der Waals surface area contributed by atoms with E-state index in [0.717, 1.165) is 0 Å². The first-order valence-corrected chi connectivity index (χ1v) is 5.72. The van der Waals surface area contributed by atoms with Gasteiger partial charge in [-0.3, -0.25) is 4.79 Å². The summed E-state index contributed by atoms with van der Waals surface area (Å²) < 4.78 is 9.14. The number of hydrogen-bond donors (Lipinski definition) is 0. The summed E-state index contributed by atoms with van der Waals surface area (Å²) >= 11 is 5.30. The first kappa shape index (κ1) is 16.4. The molecule has 0 atom stereocenters. The molecule has 0 spiro atoms. The van der Waals surface area contributed by atoms with Crippen LogP contribution < -0.4 is 0 Å². The summed E-state index contributed by atoms with van der Waals surface area (Å²) in [7, 11) is 0. The monoisotopic (exact) mass is 279 g/mol. The lowest BCUT2D eigenvalue weighted by molar-refractivity contribution is -0.148. The highest BCUT2D eigenvalue weighted by molar-refractivity contribution is 6.67. The van der Waals surface area contributed by atoms with E-state index in [4.69, 9.17) is 11.6 Å². The van der Waals surface area contributed by atoms with Crippen LogP contribution in [0.25, 0.3) is 0 Å². The minimum atomic E-state index is -0.952. The SMILES string of the molecule is CCOC(=O)CON=C(C(=O)CCl)C(=O)OCC. The lowest BCUT2D eigenvalue weighted by Crippen LogP contribution is -2.28. The van der Waals surface area contributed by atoms with Gasteiger partial charge in [-0.1, -0.05) is 5.16 Å². The third-order valence-electron chi connectivity index (χ3n) is 1.50. The van der Waals surface area contributed by atoms with E-state index in [1.54, 1.807) is 13.8 Å². The van der Waals surface area contributed by atoms with E-state index in [9.17, 15) is 14.4 Å². The van der Waals surface area contributed by atoms with Crippen LogP contribution in [0, 0.1) is 0 Å². The van der Waals surface area contributed by atoms with Gasteiger partial charge >= 0.3 is 11.9 Å². The van der Waals surface area contributed by atoms with Gasteiger partial charge in [0.1, 0.15) is 0 Å². The van der Waals surface area contributed by atoms with Crippen molar-refractivity contribution in [1.82, 2.24) is 0 Å². The largest absolute Gasteiger partial charge is 0.463 e. The van der Waals surface area contributed by atoms with E-state index in [1.165, 1.54) is 0 Å². The number of alkyl halides is 1. The van der Waals surface area contributed by atoms with Crippen LogP contribution in [0.4, 0.5) is 0 Å². The number of oxime groups is 1. The van der Waals surface area contributed by atoms with Crippen molar-refractivity contribution in [2.75, 3.05) is 25.7 Å². The van der Waals surface area contributed by atoms with Crippen LogP contribution in [0.2, 0.25) is 0 Å². The first-order chi connectivity index (χ1) is 8.56. The fraction of sp³-hybridized carbons (Fsp3) is 0.600. The van der Waals surface area contributed by atoms with Crippen molar-refractivity contribution in [1.29, 1.82) is 0 Å². The average molecular weight is 280 g/mol. The number of halogens is 1. The Kier molecular flexibility index (Phi) is 8.55. The molecule has 0 rings (SSSR count). The van der Waals surface area contributed by atoms with Crippen LogP contribution in [0.3, 0.4) is 0 Å². The molecule has 0 aromatic rings. The van der Waals surface area contributed by atoms with E-state index < -0.39 is 35.9 Å². The zero-order chi connectivity index (χ0) is 14.0. The van der Waals surface area contributed by atoms with Gasteiger partial charge < -0.3 is 14.3 Å². The summed E-state index contributed by atoms with van der Waals surface area (Å²) in [5.74, 6) is -2.81. The maximum atomic E-state index is 11.3. The molecule has 0 aromatic carbocycles. The maximum absolute atomic E-state index is 11.3. The molecule has 0 aliphatic heterocycles. The summed E-state index contributed by atoms with van der Waals surface area (Å²) in [6.07, 6.45) is 0. The van der Waals surface area contributed by atoms with Gasteiger partial charge in [-0.25, -0.2) is 9.59 Å². The molecular weight excluding hydrogens is 266 g/mol. The zero-order valence-corrected chi connectivity index (χ0v) is 10.9. The molecule has 0 aromatic heterocycles. The quantitative estimate of drug-likeness (QED) is 0.209. The predicted molar refractivity (Wildman–Crippen MR) is 62.4 cm³/mol. The standard InChI is InChI=1S/C10H14ClNO6/c1-3-16-8(14)6-18-12-9(7(13)5-11)10(15)17-4-2/h3-6H2,1-2H3. The second-order valence-corrected chi connectivity index (χ2v) is 3.06. The molecule has 18 heavy (non-hydrogen) atoms. The molecule has 0 heterocycles. The predicted octanol–water partition coefficient (Wildman–Crippen LogP) is 0.293. The number of rotatable bonds is 8. The van der Waals surface area contributed by atoms with Crippen molar-refractivity contribution in [3.8, 4) is 0 Å². The highest BCUT2D eigenvalue weighted by atomic mass is 35.5. The number of ether oxygens (including phenoxy) is 2. The van der Waals surface area contributed by atoms with E-state index in [-0.39, 0.29) is 13.2 Å². The number of nitrogens with zero attached hydrogens (tertiary/aromatic N) is 1. The summed E-state index contributed by atoms with van der Waals surface area (Å²) in [4.78, 5) is 38.0. The van der Waals surface area contributed by atoms with Crippen molar-refractivity contribution in [3.05, 3.63) is 0 Å². The van der Waals surface area contributed by atoms with Gasteiger partial charge in [0, 0.05) is 0 Å². The summed E-state index contributed by atoms with van der Waals surface area (Å²) in [6, 6.07) is 0. The number of carbonyl (C=O) groups is 3. The molecular formula is C10H14ClNO6. The first-order valence-electron chi connectivity index (χ1n) is 5.18. The molecule has 7 nitrogen and oxygen atoms in total. The molecule has 0 unspecified atom stereocenters. The van der Waals surface area contributed by atoms with Crippen molar-refractivity contribution in [2.45, 2.75) is 13.8 Å². The molecule has 0 radical (unpaired) electrons. The van der Waals surface area contributed by atoms with Gasteiger partial charge in [0.15, 0.2) is 0 Å². The second-order valence-electron chi connectivity index (χ2n) is 2.80. The van der Waals surface area contributed by atoms with E-state index in [2.05, 4.69) is 19.5 Å². The zero-order valence-electron chi connectivity index (χ0n) is 10.1. The van der Waals surface area contributed by atoms with E-state index >= 15 is 0 Å². The Morgan fingerprint density at radius 1 is 1.11 bits per heavy atom. The van der Waals surface area contributed by atoms with E-state index in [0.29, 0.717) is 0 Å². The molecule has 8 heteroatoms. The molecule has 0 saturated carbocycles. The molecule has 0 amide bonds. The summed E-state index contributed by atoms with van der Waals surface area (Å²) in [5, 5.41) is 3.24. The normalized spacial score (nSPS) is 10.7. The Morgan fingerprint density at radius 2 is 1.72 bits per heavy atom. The highest BCUT2D eigenvalue weighted by Crippen LogP contribution is 1.93. The van der Waals surface area contributed by atoms with Gasteiger partial charge in [-0.2, -0.15) is 0 Å². The van der Waals surface area contributed by atoms with Gasteiger partial charge in [0.2, 0.25) is 18.1 Å². The van der Waals surface area contributed by atoms with Crippen LogP contribution in [0.15, 0.2) is 5.16 Å². The lowest BCUT2D eigenvalue weighted by atomic mass is 10.3. The van der Waals surface area contributed by atoms with Crippen LogP contribution in [-0.2, 0) is 28.7 Å². The molecule has 102 valence electrons. The van der Waals surface area contributed by atoms with Crippen molar-refractivity contribution in [2.24, 2.45) is 5.16 Å². The Morgan fingerprint density at radius 3 is 2.22 bits per heavy atom. The average Bonchev–Trinajstić information content (AvgIpc) is 2.34. The van der Waals surface area contributed by atoms with Gasteiger partial charge in [-0.05, 0) is 13.8 Å². The molecule has 0 saturated heterocycles. The molecule has 0 N–H and O–H groups in total. The highest BCUT2D eigenvalue weighted by Gasteiger charge is 2.22. The number of ketones is 1. The molecule has 0 fully saturated rings. The smallest absolute Gasteiger partial charge is 0.364 e. The van der Waals surface area contributed by atoms with Crippen LogP contribution >= 0.6 is 11.6 Å². The van der Waals surface area contributed by atoms with Gasteiger partial charge in [0.05, 0.1) is 19.1 Å². The fourth-order valence-corrected chi connectivity index (χ4v) is 0.944. The third kappa shape index (κ3) is 6.19. The van der Waals surface area contributed by atoms with Crippen LogP contribution in [-0.4, -0.2) is 49.1 Å². The minimum absolute atomic E-state index is 0.0747. The van der Waals surface area contributed by atoms with Gasteiger partial charge in [-0.15, -0.1) is 11.6 Å². The number of hydrogen-bond acceptors (Lipinski definition) is 7. The Bertz CT molecular complexity index is 341.